The third-order valence-electron chi connectivity index (χ3n) is 4.60. The van der Waals surface area contributed by atoms with Crippen molar-refractivity contribution in [3.8, 4) is 0 Å². The third-order valence-corrected chi connectivity index (χ3v) is 4.60. The zero-order chi connectivity index (χ0) is 13.5. The quantitative estimate of drug-likeness (QED) is 0.788. The molecule has 1 aliphatic heterocycles. The second kappa shape index (κ2) is 7.85. The zero-order valence-corrected chi connectivity index (χ0v) is 12.4. The molecule has 1 amide bonds. The van der Waals surface area contributed by atoms with Gasteiger partial charge in [0, 0.05) is 45.7 Å². The molecule has 0 bridgehead atoms. The van der Waals surface area contributed by atoms with Crippen LogP contribution in [0.25, 0.3) is 0 Å². The molecule has 0 aromatic heterocycles. The maximum Gasteiger partial charge on any atom is 0.220 e. The summed E-state index contributed by atoms with van der Waals surface area (Å²) in [5.74, 6) is 1.07. The third kappa shape index (κ3) is 5.49. The molecule has 0 unspecified atom stereocenters. The zero-order valence-electron chi connectivity index (χ0n) is 12.4. The van der Waals surface area contributed by atoms with Gasteiger partial charge in [0.1, 0.15) is 0 Å². The molecule has 2 aliphatic rings. The van der Waals surface area contributed by atoms with Crippen LogP contribution in [-0.4, -0.2) is 62.0 Å². The molecule has 1 N–H and O–H groups in total. The summed E-state index contributed by atoms with van der Waals surface area (Å²) >= 11 is 0. The predicted molar refractivity (Wildman–Crippen MR) is 78.1 cm³/mol. The van der Waals surface area contributed by atoms with Crippen molar-refractivity contribution in [3.05, 3.63) is 0 Å². The first-order chi connectivity index (χ1) is 9.24. The number of hydrogen-bond donors (Lipinski definition) is 1. The van der Waals surface area contributed by atoms with Crippen molar-refractivity contribution in [3.63, 3.8) is 0 Å². The molecule has 4 nitrogen and oxygen atoms in total. The summed E-state index contributed by atoms with van der Waals surface area (Å²) in [5.41, 5.74) is 0. The number of likely N-dealkylation sites (N-methyl/N-ethyl adjacent to an activating group) is 1. The monoisotopic (exact) mass is 267 g/mol. The van der Waals surface area contributed by atoms with Crippen molar-refractivity contribution >= 4 is 5.91 Å². The lowest BCUT2D eigenvalue weighted by molar-refractivity contribution is -0.121. The van der Waals surface area contributed by atoms with E-state index in [0.29, 0.717) is 0 Å². The number of carbonyl (C=O) groups excluding carboxylic acids is 1. The minimum atomic E-state index is 0.251. The Balaban J connectivity index is 1.49. The van der Waals surface area contributed by atoms with E-state index in [1.165, 1.54) is 25.7 Å². The van der Waals surface area contributed by atoms with E-state index in [9.17, 15) is 4.79 Å². The van der Waals surface area contributed by atoms with Crippen LogP contribution in [0, 0.1) is 5.92 Å². The highest BCUT2D eigenvalue weighted by Crippen LogP contribution is 2.28. The number of rotatable bonds is 6. The molecule has 1 aliphatic carbocycles. The Morgan fingerprint density at radius 1 is 1.16 bits per heavy atom. The smallest absolute Gasteiger partial charge is 0.220 e. The van der Waals surface area contributed by atoms with Crippen LogP contribution in [0.4, 0.5) is 0 Å². The van der Waals surface area contributed by atoms with Crippen LogP contribution in [0.1, 0.15) is 38.5 Å². The Hall–Kier alpha value is -0.610. The van der Waals surface area contributed by atoms with Crippen LogP contribution in [-0.2, 0) is 4.79 Å². The van der Waals surface area contributed by atoms with Gasteiger partial charge in [-0.05, 0) is 19.4 Å². The fraction of sp³-hybridized carbons (Fsp3) is 0.933. The van der Waals surface area contributed by atoms with Crippen molar-refractivity contribution in [1.29, 1.82) is 0 Å². The van der Waals surface area contributed by atoms with E-state index < -0.39 is 0 Å². The fourth-order valence-corrected chi connectivity index (χ4v) is 3.15. The van der Waals surface area contributed by atoms with E-state index in [4.69, 9.17) is 0 Å². The molecule has 110 valence electrons. The van der Waals surface area contributed by atoms with Crippen molar-refractivity contribution in [2.45, 2.75) is 38.5 Å². The largest absolute Gasteiger partial charge is 0.355 e. The number of piperazine rings is 1. The fourth-order valence-electron chi connectivity index (χ4n) is 3.15. The van der Waals surface area contributed by atoms with E-state index in [-0.39, 0.29) is 5.91 Å². The van der Waals surface area contributed by atoms with Crippen LogP contribution in [0.15, 0.2) is 0 Å². The van der Waals surface area contributed by atoms with Gasteiger partial charge in [0.15, 0.2) is 0 Å². The Labute approximate surface area is 117 Å². The van der Waals surface area contributed by atoms with Gasteiger partial charge < -0.3 is 10.2 Å². The SMILES string of the molecule is CN1CCN(CCNC(=O)CCC2CCCC2)CC1. The Bertz CT molecular complexity index is 269. The minimum absolute atomic E-state index is 0.251. The molecule has 1 saturated heterocycles. The highest BCUT2D eigenvalue weighted by atomic mass is 16.1. The molecule has 19 heavy (non-hydrogen) atoms. The number of nitrogens with one attached hydrogen (secondary N) is 1. The van der Waals surface area contributed by atoms with Crippen LogP contribution in [0.2, 0.25) is 0 Å². The molecule has 4 heteroatoms. The summed E-state index contributed by atoms with van der Waals surface area (Å²) in [4.78, 5) is 16.6. The van der Waals surface area contributed by atoms with Crippen LogP contribution >= 0.6 is 0 Å². The molecule has 0 atom stereocenters. The van der Waals surface area contributed by atoms with Gasteiger partial charge in [-0.15, -0.1) is 0 Å². The summed E-state index contributed by atoms with van der Waals surface area (Å²) in [6, 6.07) is 0. The van der Waals surface area contributed by atoms with Crippen LogP contribution < -0.4 is 5.32 Å². The van der Waals surface area contributed by atoms with E-state index >= 15 is 0 Å². The average molecular weight is 267 g/mol. The molecular formula is C15H29N3O. The summed E-state index contributed by atoms with van der Waals surface area (Å²) in [6.07, 6.45) is 7.25. The van der Waals surface area contributed by atoms with E-state index in [0.717, 1.165) is 58.0 Å². The number of carbonyl (C=O) groups is 1. The second-order valence-corrected chi connectivity index (χ2v) is 6.18. The normalized spacial score (nSPS) is 22.8. The molecular weight excluding hydrogens is 238 g/mol. The van der Waals surface area contributed by atoms with Gasteiger partial charge in [-0.1, -0.05) is 25.7 Å². The molecule has 0 spiro atoms. The predicted octanol–water partition coefficient (Wildman–Crippen LogP) is 1.32. The first-order valence-electron chi connectivity index (χ1n) is 7.91. The van der Waals surface area contributed by atoms with Gasteiger partial charge >= 0.3 is 0 Å². The lowest BCUT2D eigenvalue weighted by Gasteiger charge is -2.32. The number of nitrogens with zero attached hydrogens (tertiary/aromatic N) is 2. The summed E-state index contributed by atoms with van der Waals surface area (Å²) < 4.78 is 0. The summed E-state index contributed by atoms with van der Waals surface area (Å²) in [7, 11) is 2.17. The van der Waals surface area contributed by atoms with Gasteiger partial charge in [-0.2, -0.15) is 0 Å². The highest BCUT2D eigenvalue weighted by molar-refractivity contribution is 5.75. The standard InChI is InChI=1S/C15H29N3O/c1-17-10-12-18(13-11-17)9-8-16-15(19)7-6-14-4-2-3-5-14/h14H,2-13H2,1H3,(H,16,19). The van der Waals surface area contributed by atoms with Gasteiger partial charge in [0.2, 0.25) is 5.91 Å². The maximum absolute atomic E-state index is 11.8. The molecule has 0 aromatic carbocycles. The van der Waals surface area contributed by atoms with E-state index in [2.05, 4.69) is 22.2 Å². The topological polar surface area (TPSA) is 35.6 Å². The Morgan fingerprint density at radius 2 is 1.84 bits per heavy atom. The number of amides is 1. The lowest BCUT2D eigenvalue weighted by atomic mass is 10.0. The van der Waals surface area contributed by atoms with Gasteiger partial charge in [0.25, 0.3) is 0 Å². The van der Waals surface area contributed by atoms with Gasteiger partial charge in [0.05, 0.1) is 0 Å². The Kier molecular flexibility index (Phi) is 6.11. The average Bonchev–Trinajstić information content (AvgIpc) is 2.92. The molecule has 2 fully saturated rings. The molecule has 1 saturated carbocycles. The van der Waals surface area contributed by atoms with Crippen LogP contribution in [0.5, 0.6) is 0 Å². The van der Waals surface area contributed by atoms with Gasteiger partial charge in [-0.25, -0.2) is 0 Å². The van der Waals surface area contributed by atoms with Crippen LogP contribution in [0.3, 0.4) is 0 Å². The van der Waals surface area contributed by atoms with Gasteiger partial charge in [-0.3, -0.25) is 9.69 Å². The lowest BCUT2D eigenvalue weighted by Crippen LogP contribution is -2.46. The molecule has 0 radical (unpaired) electrons. The number of hydrogen-bond acceptors (Lipinski definition) is 3. The van der Waals surface area contributed by atoms with E-state index in [1.807, 2.05) is 0 Å². The van der Waals surface area contributed by atoms with Crippen molar-refractivity contribution in [1.82, 2.24) is 15.1 Å². The van der Waals surface area contributed by atoms with Crippen molar-refractivity contribution in [2.24, 2.45) is 5.92 Å². The highest BCUT2D eigenvalue weighted by Gasteiger charge is 2.16. The Morgan fingerprint density at radius 3 is 2.53 bits per heavy atom. The molecule has 1 heterocycles. The first-order valence-corrected chi connectivity index (χ1v) is 7.91. The van der Waals surface area contributed by atoms with E-state index in [1.54, 1.807) is 0 Å². The molecule has 0 aromatic rings. The maximum atomic E-state index is 11.8. The molecule has 2 rings (SSSR count). The minimum Gasteiger partial charge on any atom is -0.355 e. The van der Waals surface area contributed by atoms with Crippen molar-refractivity contribution < 1.29 is 4.79 Å². The van der Waals surface area contributed by atoms with Crippen molar-refractivity contribution in [2.75, 3.05) is 46.3 Å². The second-order valence-electron chi connectivity index (χ2n) is 6.18. The summed E-state index contributed by atoms with van der Waals surface area (Å²) in [5, 5.41) is 3.07. The summed E-state index contributed by atoms with van der Waals surface area (Å²) in [6.45, 7) is 6.38. The first kappa shape index (κ1) is 14.8.